The summed E-state index contributed by atoms with van der Waals surface area (Å²) in [5.41, 5.74) is 1.21. The van der Waals surface area contributed by atoms with Gasteiger partial charge < -0.3 is 5.11 Å². The molecule has 13 heavy (non-hydrogen) atoms. The van der Waals surface area contributed by atoms with Crippen LogP contribution in [0.15, 0.2) is 18.2 Å². The predicted molar refractivity (Wildman–Crippen MR) is 55.6 cm³/mol. The first-order valence-corrected chi connectivity index (χ1v) is 4.92. The van der Waals surface area contributed by atoms with Crippen molar-refractivity contribution in [3.05, 3.63) is 29.3 Å². The van der Waals surface area contributed by atoms with E-state index in [9.17, 15) is 9.90 Å². The normalized spacial score (nSPS) is 12.5. The Balaban J connectivity index is 3.15. The number of alkyl halides is 1. The van der Waals surface area contributed by atoms with Crippen LogP contribution in [-0.4, -0.2) is 15.7 Å². The number of benzene rings is 1. The van der Waals surface area contributed by atoms with Crippen molar-refractivity contribution in [1.82, 2.24) is 0 Å². The number of carbonyl (C=O) groups excluding carboxylic acids is 1. The predicted octanol–water partition coefficient (Wildman–Crippen LogP) is 2.67. The van der Waals surface area contributed by atoms with E-state index in [1.165, 1.54) is 0 Å². The molecule has 0 aromatic heterocycles. The van der Waals surface area contributed by atoms with Gasteiger partial charge in [0.15, 0.2) is 5.78 Å². The fraction of sp³-hybridized carbons (Fsp3) is 0.300. The lowest BCUT2D eigenvalue weighted by atomic mass is 10.0. The third-order valence-electron chi connectivity index (χ3n) is 1.93. The molecule has 0 saturated heterocycles. The number of phenols is 1. The van der Waals surface area contributed by atoms with Crippen LogP contribution >= 0.6 is 15.9 Å². The van der Waals surface area contributed by atoms with E-state index in [1.54, 1.807) is 32.0 Å². The molecule has 1 aromatic rings. The molecule has 0 radical (unpaired) electrons. The van der Waals surface area contributed by atoms with Gasteiger partial charge in [0.05, 0.1) is 4.83 Å². The maximum atomic E-state index is 11.6. The topological polar surface area (TPSA) is 37.3 Å². The van der Waals surface area contributed by atoms with Crippen LogP contribution in [0, 0.1) is 6.92 Å². The smallest absolute Gasteiger partial charge is 0.176 e. The molecule has 0 heterocycles. The first-order valence-electron chi connectivity index (χ1n) is 4.01. The highest BCUT2D eigenvalue weighted by Crippen LogP contribution is 2.22. The highest BCUT2D eigenvalue weighted by Gasteiger charge is 2.15. The fourth-order valence-electron chi connectivity index (χ4n) is 1.10. The summed E-state index contributed by atoms with van der Waals surface area (Å²) in [5.74, 6) is 0.160. The van der Waals surface area contributed by atoms with Crippen LogP contribution in [0.2, 0.25) is 0 Å². The Bertz CT molecular complexity index is 332. The summed E-state index contributed by atoms with van der Waals surface area (Å²) in [6.07, 6.45) is 0. The Kier molecular flexibility index (Phi) is 3.09. The lowest BCUT2D eigenvalue weighted by Gasteiger charge is -2.07. The van der Waals surface area contributed by atoms with Crippen molar-refractivity contribution in [2.75, 3.05) is 0 Å². The largest absolute Gasteiger partial charge is 0.508 e. The summed E-state index contributed by atoms with van der Waals surface area (Å²) in [5, 5.41) is 9.36. The van der Waals surface area contributed by atoms with Gasteiger partial charge in [-0.25, -0.2) is 0 Å². The summed E-state index contributed by atoms with van der Waals surface area (Å²) in [7, 11) is 0. The number of Topliss-reactive ketones (excluding diaryl/α,β-unsaturated/α-hetero) is 1. The minimum atomic E-state index is -0.215. The van der Waals surface area contributed by atoms with Gasteiger partial charge in [-0.2, -0.15) is 0 Å². The zero-order chi connectivity index (χ0) is 10.0. The molecule has 1 aromatic carbocycles. The Morgan fingerprint density at radius 1 is 1.54 bits per heavy atom. The molecule has 0 fully saturated rings. The quantitative estimate of drug-likeness (QED) is 0.640. The van der Waals surface area contributed by atoms with Gasteiger partial charge in [-0.3, -0.25) is 4.79 Å². The molecule has 2 nitrogen and oxygen atoms in total. The molecule has 1 rings (SSSR count). The van der Waals surface area contributed by atoms with E-state index < -0.39 is 0 Å². The van der Waals surface area contributed by atoms with E-state index >= 15 is 0 Å². The van der Waals surface area contributed by atoms with Crippen LogP contribution in [0.5, 0.6) is 5.75 Å². The van der Waals surface area contributed by atoms with Gasteiger partial charge >= 0.3 is 0 Å². The molecule has 0 aliphatic heterocycles. The standard InChI is InChI=1S/C10H11BrO2/c1-6-8(10(13)7(2)11)4-3-5-9(6)12/h3-5,7,12H,1-2H3. The number of halogens is 1. The number of hydrogen-bond donors (Lipinski definition) is 1. The first kappa shape index (κ1) is 10.3. The van der Waals surface area contributed by atoms with Crippen molar-refractivity contribution in [2.24, 2.45) is 0 Å². The highest BCUT2D eigenvalue weighted by molar-refractivity contribution is 9.10. The minimum absolute atomic E-state index is 0.00611. The second kappa shape index (κ2) is 3.92. The number of carbonyl (C=O) groups is 1. The summed E-state index contributed by atoms with van der Waals surface area (Å²) in [4.78, 5) is 11.3. The molecule has 0 aliphatic rings. The second-order valence-corrected chi connectivity index (χ2v) is 4.30. The Hall–Kier alpha value is -0.830. The van der Waals surface area contributed by atoms with Crippen LogP contribution < -0.4 is 0 Å². The molecular weight excluding hydrogens is 232 g/mol. The van der Waals surface area contributed by atoms with Gasteiger partial charge in [-0.05, 0) is 19.9 Å². The molecule has 1 N–H and O–H groups in total. The van der Waals surface area contributed by atoms with E-state index in [0.717, 1.165) is 0 Å². The first-order chi connectivity index (χ1) is 6.04. The summed E-state index contributed by atoms with van der Waals surface area (Å²) < 4.78 is 0. The SMILES string of the molecule is Cc1c(O)cccc1C(=O)C(C)Br. The van der Waals surface area contributed by atoms with Crippen molar-refractivity contribution in [1.29, 1.82) is 0 Å². The van der Waals surface area contributed by atoms with Gasteiger partial charge in [-0.1, -0.05) is 28.1 Å². The molecule has 3 heteroatoms. The van der Waals surface area contributed by atoms with Crippen molar-refractivity contribution in [3.63, 3.8) is 0 Å². The Morgan fingerprint density at radius 3 is 2.69 bits per heavy atom. The third kappa shape index (κ3) is 2.10. The monoisotopic (exact) mass is 242 g/mol. The summed E-state index contributed by atoms with van der Waals surface area (Å²) >= 11 is 3.20. The fourth-order valence-corrected chi connectivity index (χ4v) is 1.35. The van der Waals surface area contributed by atoms with Crippen molar-refractivity contribution in [2.45, 2.75) is 18.7 Å². The van der Waals surface area contributed by atoms with E-state index in [4.69, 9.17) is 0 Å². The second-order valence-electron chi connectivity index (χ2n) is 2.93. The number of phenolic OH excluding ortho intramolecular Hbond substituents is 1. The van der Waals surface area contributed by atoms with E-state index in [-0.39, 0.29) is 16.4 Å². The molecule has 0 saturated carbocycles. The Labute approximate surface area is 85.7 Å². The zero-order valence-corrected chi connectivity index (χ0v) is 9.13. The molecular formula is C10H11BrO2. The number of ketones is 1. The van der Waals surface area contributed by atoms with Gasteiger partial charge in [0.25, 0.3) is 0 Å². The van der Waals surface area contributed by atoms with Gasteiger partial charge in [0, 0.05) is 11.1 Å². The molecule has 70 valence electrons. The maximum Gasteiger partial charge on any atom is 0.176 e. The van der Waals surface area contributed by atoms with Crippen LogP contribution in [0.1, 0.15) is 22.8 Å². The molecule has 0 spiro atoms. The van der Waals surface area contributed by atoms with Gasteiger partial charge in [0.1, 0.15) is 5.75 Å². The number of rotatable bonds is 2. The molecule has 0 aliphatic carbocycles. The van der Waals surface area contributed by atoms with Gasteiger partial charge in [-0.15, -0.1) is 0 Å². The molecule has 1 atom stereocenters. The average molecular weight is 243 g/mol. The zero-order valence-electron chi connectivity index (χ0n) is 7.54. The Morgan fingerprint density at radius 2 is 2.15 bits per heavy atom. The van der Waals surface area contributed by atoms with E-state index in [1.807, 2.05) is 0 Å². The van der Waals surface area contributed by atoms with Gasteiger partial charge in [0.2, 0.25) is 0 Å². The number of hydrogen-bond acceptors (Lipinski definition) is 2. The molecule has 0 bridgehead atoms. The lowest BCUT2D eigenvalue weighted by Crippen LogP contribution is -2.11. The molecule has 1 unspecified atom stereocenters. The third-order valence-corrected chi connectivity index (χ3v) is 2.35. The van der Waals surface area contributed by atoms with Crippen LogP contribution in [0.3, 0.4) is 0 Å². The summed E-state index contributed by atoms with van der Waals surface area (Å²) in [6, 6.07) is 4.96. The lowest BCUT2D eigenvalue weighted by molar-refractivity contribution is 0.0995. The maximum absolute atomic E-state index is 11.6. The van der Waals surface area contributed by atoms with Crippen LogP contribution in [0.4, 0.5) is 0 Å². The van der Waals surface area contributed by atoms with Crippen molar-refractivity contribution >= 4 is 21.7 Å². The van der Waals surface area contributed by atoms with Crippen molar-refractivity contribution in [3.8, 4) is 5.75 Å². The average Bonchev–Trinajstić information content (AvgIpc) is 2.08. The van der Waals surface area contributed by atoms with Crippen LogP contribution in [-0.2, 0) is 0 Å². The highest BCUT2D eigenvalue weighted by atomic mass is 79.9. The minimum Gasteiger partial charge on any atom is -0.508 e. The van der Waals surface area contributed by atoms with E-state index in [0.29, 0.717) is 11.1 Å². The number of aromatic hydroxyl groups is 1. The van der Waals surface area contributed by atoms with Crippen LogP contribution in [0.25, 0.3) is 0 Å². The van der Waals surface area contributed by atoms with E-state index in [2.05, 4.69) is 15.9 Å². The molecule has 0 amide bonds. The summed E-state index contributed by atoms with van der Waals surface area (Å²) in [6.45, 7) is 3.50. The van der Waals surface area contributed by atoms with Crippen molar-refractivity contribution < 1.29 is 9.90 Å².